The van der Waals surface area contributed by atoms with E-state index in [4.69, 9.17) is 0 Å². The molecule has 0 radical (unpaired) electrons. The van der Waals surface area contributed by atoms with E-state index in [0.717, 1.165) is 16.2 Å². The molecule has 2 aromatic heterocycles. The van der Waals surface area contributed by atoms with Crippen molar-refractivity contribution in [2.45, 2.75) is 10.8 Å². The SMILES string of the molecule is CNS(=O)(=O)c1ccc(CNC(=O)/C=C/c2ccccn2)s1. The molecule has 0 atom stereocenters. The lowest BCUT2D eigenvalue weighted by molar-refractivity contribution is -0.116. The maximum absolute atomic E-state index is 11.7. The Hall–Kier alpha value is -2.03. The molecular weight excluding hydrogens is 322 g/mol. The minimum Gasteiger partial charge on any atom is -0.348 e. The van der Waals surface area contributed by atoms with Crippen LogP contribution in [0.3, 0.4) is 0 Å². The summed E-state index contributed by atoms with van der Waals surface area (Å²) in [4.78, 5) is 16.5. The number of aromatic nitrogens is 1. The molecule has 2 rings (SSSR count). The minimum absolute atomic E-state index is 0.225. The van der Waals surface area contributed by atoms with Crippen molar-refractivity contribution < 1.29 is 13.2 Å². The highest BCUT2D eigenvalue weighted by Crippen LogP contribution is 2.20. The van der Waals surface area contributed by atoms with Crippen molar-refractivity contribution in [3.8, 4) is 0 Å². The first-order chi connectivity index (χ1) is 10.5. The van der Waals surface area contributed by atoms with Gasteiger partial charge in [-0.15, -0.1) is 11.3 Å². The van der Waals surface area contributed by atoms with Crippen LogP contribution in [0.5, 0.6) is 0 Å². The average Bonchev–Trinajstić information content (AvgIpc) is 3.02. The lowest BCUT2D eigenvalue weighted by atomic mass is 10.3. The number of hydrogen-bond acceptors (Lipinski definition) is 5. The van der Waals surface area contributed by atoms with Crippen LogP contribution in [0.4, 0.5) is 0 Å². The number of pyridine rings is 1. The Morgan fingerprint density at radius 3 is 2.82 bits per heavy atom. The molecule has 0 fully saturated rings. The van der Waals surface area contributed by atoms with Crippen LogP contribution in [0.15, 0.2) is 46.8 Å². The zero-order valence-electron chi connectivity index (χ0n) is 11.8. The fraction of sp³-hybridized carbons (Fsp3) is 0.143. The summed E-state index contributed by atoms with van der Waals surface area (Å²) in [5, 5.41) is 2.69. The number of hydrogen-bond donors (Lipinski definition) is 2. The van der Waals surface area contributed by atoms with Gasteiger partial charge in [-0.2, -0.15) is 0 Å². The summed E-state index contributed by atoms with van der Waals surface area (Å²) in [5.41, 5.74) is 0.691. The topological polar surface area (TPSA) is 88.2 Å². The van der Waals surface area contributed by atoms with E-state index in [9.17, 15) is 13.2 Å². The van der Waals surface area contributed by atoms with Crippen LogP contribution in [0.2, 0.25) is 0 Å². The fourth-order valence-corrected chi connectivity index (χ4v) is 3.70. The molecule has 6 nitrogen and oxygen atoms in total. The number of sulfonamides is 1. The molecule has 2 N–H and O–H groups in total. The van der Waals surface area contributed by atoms with Crippen LogP contribution in [0.25, 0.3) is 6.08 Å². The van der Waals surface area contributed by atoms with Crippen LogP contribution >= 0.6 is 11.3 Å². The standard InChI is InChI=1S/C14H15N3O3S2/c1-15-22(19,20)14-8-6-12(21-14)10-17-13(18)7-5-11-4-2-3-9-16-11/h2-9,15H,10H2,1H3,(H,17,18)/b7-5+. The van der Waals surface area contributed by atoms with Gasteiger partial charge in [-0.3, -0.25) is 9.78 Å². The monoisotopic (exact) mass is 337 g/mol. The molecule has 8 heteroatoms. The van der Waals surface area contributed by atoms with Crippen LogP contribution in [-0.4, -0.2) is 26.4 Å². The van der Waals surface area contributed by atoms with E-state index >= 15 is 0 Å². The summed E-state index contributed by atoms with van der Waals surface area (Å²) in [5.74, 6) is -0.267. The Morgan fingerprint density at radius 2 is 2.14 bits per heavy atom. The smallest absolute Gasteiger partial charge is 0.249 e. The Labute approximate surface area is 133 Å². The van der Waals surface area contributed by atoms with Gasteiger partial charge in [0.1, 0.15) is 4.21 Å². The van der Waals surface area contributed by atoms with Crippen molar-refractivity contribution in [1.29, 1.82) is 0 Å². The highest BCUT2D eigenvalue weighted by atomic mass is 32.2. The van der Waals surface area contributed by atoms with Crippen molar-refractivity contribution in [2.24, 2.45) is 0 Å². The second-order valence-electron chi connectivity index (χ2n) is 4.23. The first kappa shape index (κ1) is 16.3. The molecule has 22 heavy (non-hydrogen) atoms. The molecule has 0 bridgehead atoms. The molecule has 0 aromatic carbocycles. The normalized spacial score (nSPS) is 11.7. The maximum atomic E-state index is 11.7. The molecule has 2 heterocycles. The van der Waals surface area contributed by atoms with Gasteiger partial charge in [0.25, 0.3) is 0 Å². The lowest BCUT2D eigenvalue weighted by Crippen LogP contribution is -2.19. The van der Waals surface area contributed by atoms with Gasteiger partial charge in [0.2, 0.25) is 15.9 Å². The Morgan fingerprint density at radius 1 is 1.32 bits per heavy atom. The van der Waals surface area contributed by atoms with Crippen LogP contribution in [0, 0.1) is 0 Å². The zero-order chi connectivity index (χ0) is 16.0. The number of nitrogens with one attached hydrogen (secondary N) is 2. The van der Waals surface area contributed by atoms with Crippen LogP contribution < -0.4 is 10.0 Å². The number of thiophene rings is 1. The first-order valence-electron chi connectivity index (χ1n) is 6.40. The third kappa shape index (κ3) is 4.48. The number of nitrogens with zero attached hydrogens (tertiary/aromatic N) is 1. The minimum atomic E-state index is -3.43. The summed E-state index contributed by atoms with van der Waals surface area (Å²) >= 11 is 1.12. The van der Waals surface area contributed by atoms with Crippen molar-refractivity contribution in [3.05, 3.63) is 53.2 Å². The third-order valence-corrected chi connectivity index (χ3v) is 5.69. The van der Waals surface area contributed by atoms with E-state index < -0.39 is 10.0 Å². The Kier molecular flexibility index (Phi) is 5.42. The summed E-state index contributed by atoms with van der Waals surface area (Å²) in [6, 6.07) is 8.61. The largest absolute Gasteiger partial charge is 0.348 e. The molecule has 0 aliphatic heterocycles. The van der Waals surface area contributed by atoms with E-state index in [-0.39, 0.29) is 16.7 Å². The predicted octanol–water partition coefficient (Wildman–Crippen LogP) is 1.38. The molecule has 0 unspecified atom stereocenters. The van der Waals surface area contributed by atoms with Gasteiger partial charge in [-0.1, -0.05) is 6.07 Å². The summed E-state index contributed by atoms with van der Waals surface area (Å²) in [6.07, 6.45) is 4.65. The highest BCUT2D eigenvalue weighted by Gasteiger charge is 2.14. The van der Waals surface area contributed by atoms with Crippen LogP contribution in [-0.2, 0) is 21.4 Å². The molecule has 116 valence electrons. The average molecular weight is 337 g/mol. The van der Waals surface area contributed by atoms with Gasteiger partial charge in [0.05, 0.1) is 12.2 Å². The first-order valence-corrected chi connectivity index (χ1v) is 8.70. The second kappa shape index (κ2) is 7.30. The Balaban J connectivity index is 1.91. The Bertz CT molecular complexity index is 768. The third-order valence-electron chi connectivity index (χ3n) is 2.70. The summed E-state index contributed by atoms with van der Waals surface area (Å²) in [6.45, 7) is 0.273. The zero-order valence-corrected chi connectivity index (χ0v) is 13.4. The number of carbonyl (C=O) groups excluding carboxylic acids is 1. The molecule has 0 aliphatic carbocycles. The second-order valence-corrected chi connectivity index (χ2v) is 7.52. The lowest BCUT2D eigenvalue weighted by Gasteiger charge is -1.99. The number of amides is 1. The van der Waals surface area contributed by atoms with Crippen molar-refractivity contribution >= 4 is 33.3 Å². The van der Waals surface area contributed by atoms with Gasteiger partial charge in [-0.25, -0.2) is 13.1 Å². The van der Waals surface area contributed by atoms with Gasteiger partial charge >= 0.3 is 0 Å². The molecule has 2 aromatic rings. The number of rotatable bonds is 6. The number of carbonyl (C=O) groups is 1. The molecule has 0 spiro atoms. The molecule has 0 saturated carbocycles. The predicted molar refractivity (Wildman–Crippen MR) is 85.7 cm³/mol. The van der Waals surface area contributed by atoms with E-state index in [1.165, 1.54) is 19.2 Å². The summed E-state index contributed by atoms with van der Waals surface area (Å²) in [7, 11) is -2.07. The van der Waals surface area contributed by atoms with Gasteiger partial charge in [0, 0.05) is 17.2 Å². The van der Waals surface area contributed by atoms with E-state index in [1.54, 1.807) is 30.5 Å². The van der Waals surface area contributed by atoms with E-state index in [1.807, 2.05) is 6.07 Å². The maximum Gasteiger partial charge on any atom is 0.249 e. The molecular formula is C14H15N3O3S2. The molecule has 0 aliphatic rings. The molecule has 1 amide bonds. The van der Waals surface area contributed by atoms with Gasteiger partial charge in [0.15, 0.2) is 0 Å². The fourth-order valence-electron chi connectivity index (χ4n) is 1.57. The summed E-state index contributed by atoms with van der Waals surface area (Å²) < 4.78 is 25.7. The highest BCUT2D eigenvalue weighted by molar-refractivity contribution is 7.91. The van der Waals surface area contributed by atoms with E-state index in [2.05, 4.69) is 15.0 Å². The van der Waals surface area contributed by atoms with Gasteiger partial charge in [-0.05, 0) is 37.4 Å². The van der Waals surface area contributed by atoms with E-state index in [0.29, 0.717) is 5.69 Å². The van der Waals surface area contributed by atoms with Crippen molar-refractivity contribution in [1.82, 2.24) is 15.0 Å². The van der Waals surface area contributed by atoms with Crippen molar-refractivity contribution in [3.63, 3.8) is 0 Å². The molecule has 0 saturated heterocycles. The van der Waals surface area contributed by atoms with Crippen molar-refractivity contribution in [2.75, 3.05) is 7.05 Å². The van der Waals surface area contributed by atoms with Crippen LogP contribution in [0.1, 0.15) is 10.6 Å². The quantitative estimate of drug-likeness (QED) is 0.780. The van der Waals surface area contributed by atoms with Gasteiger partial charge < -0.3 is 5.32 Å².